The van der Waals surface area contributed by atoms with Crippen LogP contribution in [0.2, 0.25) is 0 Å². The second kappa shape index (κ2) is 3.12. The quantitative estimate of drug-likeness (QED) is 0.594. The third-order valence-electron chi connectivity index (χ3n) is 1.28. The molecule has 6 nitrogen and oxygen atoms in total. The molecule has 0 fully saturated rings. The number of aromatic nitrogens is 2. The highest BCUT2D eigenvalue weighted by Gasteiger charge is 2.04. The van der Waals surface area contributed by atoms with E-state index in [4.69, 9.17) is 20.1 Å². The van der Waals surface area contributed by atoms with Crippen molar-refractivity contribution in [2.24, 2.45) is 0 Å². The summed E-state index contributed by atoms with van der Waals surface area (Å²) in [6.07, 6.45) is 0. The van der Waals surface area contributed by atoms with Crippen LogP contribution in [0.4, 0.5) is 0 Å². The average Bonchev–Trinajstić information content (AvgIpc) is 2.08. The summed E-state index contributed by atoms with van der Waals surface area (Å²) in [7, 11) is 2.74. The maximum Gasteiger partial charge on any atom is 0.260 e. The van der Waals surface area contributed by atoms with E-state index in [0.29, 0.717) is 4.85 Å². The molecule has 6 heteroatoms. The first kappa shape index (κ1) is 8.38. The molecule has 0 saturated heterocycles. The van der Waals surface area contributed by atoms with Gasteiger partial charge < -0.3 is 14.7 Å². The standard InChI is InChI=1S/C6H9N3O3/c1-11-5-3-4(7)6(12-2)8-9(5)10/h3,7,10H,1-2H3. The Morgan fingerprint density at radius 3 is 2.67 bits per heavy atom. The number of nitrogens with zero attached hydrogens (tertiary/aromatic N) is 2. The van der Waals surface area contributed by atoms with Crippen molar-refractivity contribution in [2.75, 3.05) is 14.2 Å². The van der Waals surface area contributed by atoms with Crippen molar-refractivity contribution in [3.8, 4) is 11.8 Å². The summed E-state index contributed by atoms with van der Waals surface area (Å²) >= 11 is 0. The number of rotatable bonds is 2. The van der Waals surface area contributed by atoms with E-state index in [-0.39, 0.29) is 17.1 Å². The Morgan fingerprint density at radius 1 is 1.50 bits per heavy atom. The molecule has 1 aromatic rings. The summed E-state index contributed by atoms with van der Waals surface area (Å²) in [6, 6.07) is 1.30. The minimum atomic E-state index is 0.0401. The van der Waals surface area contributed by atoms with Crippen LogP contribution in [-0.2, 0) is 0 Å². The van der Waals surface area contributed by atoms with Gasteiger partial charge in [0.2, 0.25) is 0 Å². The second-order valence-electron chi connectivity index (χ2n) is 2.00. The monoisotopic (exact) mass is 171 g/mol. The van der Waals surface area contributed by atoms with Crippen LogP contribution < -0.4 is 14.8 Å². The molecule has 0 spiro atoms. The third-order valence-corrected chi connectivity index (χ3v) is 1.28. The Labute approximate surface area is 68.4 Å². The summed E-state index contributed by atoms with van der Waals surface area (Å²) in [4.78, 5) is 0.511. The van der Waals surface area contributed by atoms with E-state index < -0.39 is 0 Å². The van der Waals surface area contributed by atoms with Crippen LogP contribution in [0.1, 0.15) is 0 Å². The normalized spacial score (nSPS) is 9.50. The average molecular weight is 171 g/mol. The van der Waals surface area contributed by atoms with Gasteiger partial charge in [0.05, 0.1) is 14.2 Å². The Morgan fingerprint density at radius 2 is 2.17 bits per heavy atom. The number of nitrogens with one attached hydrogen (secondary N) is 1. The van der Waals surface area contributed by atoms with Crippen molar-refractivity contribution >= 4 is 0 Å². The number of hydrogen-bond donors (Lipinski definition) is 2. The first-order valence-corrected chi connectivity index (χ1v) is 3.15. The van der Waals surface area contributed by atoms with Gasteiger partial charge in [-0.25, -0.2) is 0 Å². The van der Waals surface area contributed by atoms with E-state index in [2.05, 4.69) is 5.10 Å². The van der Waals surface area contributed by atoms with Gasteiger partial charge in [-0.15, -0.1) is 0 Å². The zero-order valence-corrected chi connectivity index (χ0v) is 6.74. The van der Waals surface area contributed by atoms with E-state index in [9.17, 15) is 0 Å². The highest BCUT2D eigenvalue weighted by atomic mass is 16.6. The first-order valence-electron chi connectivity index (χ1n) is 3.15. The van der Waals surface area contributed by atoms with Gasteiger partial charge >= 0.3 is 0 Å². The topological polar surface area (TPSA) is 80.4 Å². The van der Waals surface area contributed by atoms with Gasteiger partial charge in [-0.05, 0) is 0 Å². The number of ether oxygens (including phenoxy) is 2. The first-order chi connectivity index (χ1) is 5.69. The van der Waals surface area contributed by atoms with Gasteiger partial charge in [-0.2, -0.15) is 0 Å². The molecule has 0 saturated carbocycles. The second-order valence-corrected chi connectivity index (χ2v) is 2.00. The maximum atomic E-state index is 9.06. The molecule has 1 aromatic heterocycles. The molecule has 0 atom stereocenters. The van der Waals surface area contributed by atoms with Crippen molar-refractivity contribution in [1.29, 1.82) is 5.41 Å². The van der Waals surface area contributed by atoms with E-state index in [1.807, 2.05) is 0 Å². The number of methoxy groups -OCH3 is 2. The Balaban J connectivity index is 3.26. The summed E-state index contributed by atoms with van der Waals surface area (Å²) in [5, 5.41) is 19.9. The lowest BCUT2D eigenvalue weighted by Gasteiger charge is -2.05. The summed E-state index contributed by atoms with van der Waals surface area (Å²) in [5.41, 5.74) is 0. The third kappa shape index (κ3) is 1.31. The van der Waals surface area contributed by atoms with Crippen LogP contribution >= 0.6 is 0 Å². The van der Waals surface area contributed by atoms with Gasteiger partial charge in [0.15, 0.2) is 0 Å². The minimum Gasteiger partial charge on any atom is -0.479 e. The molecule has 0 amide bonds. The molecule has 66 valence electrons. The molecule has 1 heterocycles. The van der Waals surface area contributed by atoms with Crippen LogP contribution in [0.3, 0.4) is 0 Å². The van der Waals surface area contributed by atoms with Crippen molar-refractivity contribution in [3.05, 3.63) is 11.4 Å². The van der Waals surface area contributed by atoms with E-state index in [1.54, 1.807) is 0 Å². The van der Waals surface area contributed by atoms with Crippen LogP contribution in [0.25, 0.3) is 0 Å². The molecular formula is C6H9N3O3. The highest BCUT2D eigenvalue weighted by molar-refractivity contribution is 5.14. The fourth-order valence-electron chi connectivity index (χ4n) is 0.723. The van der Waals surface area contributed by atoms with Crippen LogP contribution in [-0.4, -0.2) is 29.4 Å². The van der Waals surface area contributed by atoms with E-state index in [1.165, 1.54) is 20.3 Å². The molecule has 0 radical (unpaired) electrons. The largest absolute Gasteiger partial charge is 0.479 e. The van der Waals surface area contributed by atoms with E-state index >= 15 is 0 Å². The van der Waals surface area contributed by atoms with Gasteiger partial charge in [-0.3, -0.25) is 5.41 Å². The Hall–Kier alpha value is -1.72. The smallest absolute Gasteiger partial charge is 0.260 e. The van der Waals surface area contributed by atoms with Gasteiger partial charge in [0.1, 0.15) is 5.36 Å². The van der Waals surface area contributed by atoms with Crippen LogP contribution in [0.5, 0.6) is 11.8 Å². The van der Waals surface area contributed by atoms with Crippen molar-refractivity contribution in [2.45, 2.75) is 0 Å². The molecule has 0 aliphatic carbocycles. The molecule has 0 aliphatic rings. The van der Waals surface area contributed by atoms with Crippen LogP contribution in [0.15, 0.2) is 6.07 Å². The highest BCUT2D eigenvalue weighted by Crippen LogP contribution is 2.05. The molecule has 12 heavy (non-hydrogen) atoms. The summed E-state index contributed by atoms with van der Waals surface area (Å²) in [6.45, 7) is 0. The van der Waals surface area contributed by atoms with Crippen molar-refractivity contribution < 1.29 is 14.7 Å². The fourth-order valence-corrected chi connectivity index (χ4v) is 0.723. The molecule has 1 rings (SSSR count). The summed E-state index contributed by atoms with van der Waals surface area (Å²) < 4.78 is 9.39. The van der Waals surface area contributed by atoms with Crippen molar-refractivity contribution in [1.82, 2.24) is 9.94 Å². The fraction of sp³-hybridized carbons (Fsp3) is 0.333. The van der Waals surface area contributed by atoms with E-state index in [0.717, 1.165) is 0 Å². The SMILES string of the molecule is COc1nn(O)c(OC)cc1=N. The van der Waals surface area contributed by atoms with Crippen molar-refractivity contribution in [3.63, 3.8) is 0 Å². The lowest BCUT2D eigenvalue weighted by Crippen LogP contribution is -2.14. The molecule has 0 unspecified atom stereocenters. The minimum absolute atomic E-state index is 0.0401. The number of hydrogen-bond acceptors (Lipinski definition) is 5. The molecule has 0 bridgehead atoms. The molecule has 2 N–H and O–H groups in total. The zero-order chi connectivity index (χ0) is 9.14. The maximum absolute atomic E-state index is 9.06. The molecular weight excluding hydrogens is 162 g/mol. The predicted octanol–water partition coefficient (Wildman–Crippen LogP) is -0.383. The van der Waals surface area contributed by atoms with Gasteiger partial charge in [0, 0.05) is 6.07 Å². The van der Waals surface area contributed by atoms with Crippen LogP contribution in [0, 0.1) is 5.41 Å². The summed E-state index contributed by atoms with van der Waals surface area (Å²) in [5.74, 6) is 0.124. The van der Waals surface area contributed by atoms with Gasteiger partial charge in [0.25, 0.3) is 11.8 Å². The lowest BCUT2D eigenvalue weighted by molar-refractivity contribution is 0.106. The lowest BCUT2D eigenvalue weighted by atomic mass is 10.5. The van der Waals surface area contributed by atoms with Gasteiger partial charge in [-0.1, -0.05) is 9.94 Å². The zero-order valence-electron chi connectivity index (χ0n) is 6.74. The molecule has 0 aromatic carbocycles. The molecule has 0 aliphatic heterocycles. The Kier molecular flexibility index (Phi) is 2.18. The Bertz CT molecular complexity index is 333. The predicted molar refractivity (Wildman–Crippen MR) is 38.4 cm³/mol.